The van der Waals surface area contributed by atoms with Crippen molar-refractivity contribution in [2.75, 3.05) is 0 Å². The van der Waals surface area contributed by atoms with Gasteiger partial charge < -0.3 is 10.3 Å². The summed E-state index contributed by atoms with van der Waals surface area (Å²) < 4.78 is 5.29. The summed E-state index contributed by atoms with van der Waals surface area (Å²) in [6, 6.07) is 0.310. The van der Waals surface area contributed by atoms with Crippen LogP contribution in [0.25, 0.3) is 0 Å². The molecule has 4 heteroatoms. The molecule has 2 rings (SSSR count). The lowest BCUT2D eigenvalue weighted by Gasteiger charge is -2.23. The van der Waals surface area contributed by atoms with Crippen molar-refractivity contribution in [2.45, 2.75) is 57.4 Å². The van der Waals surface area contributed by atoms with Crippen molar-refractivity contribution in [1.82, 2.24) is 10.1 Å². The Morgan fingerprint density at radius 1 is 1.47 bits per heavy atom. The van der Waals surface area contributed by atoms with Crippen LogP contribution in [0.2, 0.25) is 0 Å². The van der Waals surface area contributed by atoms with E-state index in [0.717, 1.165) is 43.8 Å². The highest BCUT2D eigenvalue weighted by atomic mass is 16.5. The van der Waals surface area contributed by atoms with E-state index in [0.29, 0.717) is 12.0 Å². The zero-order chi connectivity index (χ0) is 10.7. The molecule has 2 unspecified atom stereocenters. The molecule has 0 saturated heterocycles. The largest absolute Gasteiger partial charge is 0.339 e. The molecule has 4 nitrogen and oxygen atoms in total. The van der Waals surface area contributed by atoms with Crippen molar-refractivity contribution in [3.8, 4) is 0 Å². The third-order valence-corrected chi connectivity index (χ3v) is 3.02. The summed E-state index contributed by atoms with van der Waals surface area (Å²) in [5, 5.41) is 3.98. The van der Waals surface area contributed by atoms with Gasteiger partial charge in [0, 0.05) is 18.4 Å². The fourth-order valence-electron chi connectivity index (χ4n) is 2.21. The maximum absolute atomic E-state index is 5.94. The van der Waals surface area contributed by atoms with Crippen LogP contribution in [0, 0.1) is 0 Å². The van der Waals surface area contributed by atoms with Crippen LogP contribution in [0.15, 0.2) is 4.52 Å². The number of hydrogen-bond acceptors (Lipinski definition) is 4. The number of aryl methyl sites for hydroxylation is 1. The molecule has 2 N–H and O–H groups in total. The second-order valence-corrected chi connectivity index (χ2v) is 4.42. The Morgan fingerprint density at radius 3 is 3.07 bits per heavy atom. The minimum absolute atomic E-state index is 0.310. The van der Waals surface area contributed by atoms with Crippen LogP contribution in [0.5, 0.6) is 0 Å². The van der Waals surface area contributed by atoms with Crippen LogP contribution in [0.4, 0.5) is 0 Å². The molecular formula is C11H19N3O. The number of rotatable bonds is 3. The van der Waals surface area contributed by atoms with E-state index in [1.165, 1.54) is 6.42 Å². The maximum atomic E-state index is 5.94. The normalized spacial score (nSPS) is 26.8. The molecular weight excluding hydrogens is 190 g/mol. The van der Waals surface area contributed by atoms with E-state index < -0.39 is 0 Å². The second kappa shape index (κ2) is 4.75. The van der Waals surface area contributed by atoms with Gasteiger partial charge in [-0.15, -0.1) is 0 Å². The molecule has 1 aromatic rings. The molecule has 84 valence electrons. The number of nitrogens with two attached hydrogens (primary N) is 1. The van der Waals surface area contributed by atoms with Crippen LogP contribution >= 0.6 is 0 Å². The van der Waals surface area contributed by atoms with Crippen molar-refractivity contribution in [3.05, 3.63) is 11.7 Å². The lowest BCUT2D eigenvalue weighted by molar-refractivity contribution is 0.297. The summed E-state index contributed by atoms with van der Waals surface area (Å²) in [6.07, 6.45) is 6.41. The van der Waals surface area contributed by atoms with Gasteiger partial charge in [0.05, 0.1) is 0 Å². The Balaban J connectivity index is 2.01. The Bertz CT molecular complexity index is 311. The summed E-state index contributed by atoms with van der Waals surface area (Å²) in [5.41, 5.74) is 5.94. The zero-order valence-corrected chi connectivity index (χ0v) is 9.28. The summed E-state index contributed by atoms with van der Waals surface area (Å²) in [5.74, 6) is 2.03. The van der Waals surface area contributed by atoms with Crippen LogP contribution < -0.4 is 5.73 Å². The molecule has 1 aliphatic rings. The maximum Gasteiger partial charge on any atom is 0.229 e. The first-order valence-electron chi connectivity index (χ1n) is 5.87. The quantitative estimate of drug-likeness (QED) is 0.827. The first kappa shape index (κ1) is 10.6. The first-order valence-corrected chi connectivity index (χ1v) is 5.87. The van der Waals surface area contributed by atoms with Gasteiger partial charge in [0.1, 0.15) is 0 Å². The predicted octanol–water partition coefficient (Wildman–Crippen LogP) is 2.01. The number of hydrogen-bond donors (Lipinski definition) is 1. The number of aromatic nitrogens is 2. The fraction of sp³-hybridized carbons (Fsp3) is 0.818. The molecule has 2 atom stereocenters. The molecule has 1 aliphatic carbocycles. The average Bonchev–Trinajstić information content (AvgIpc) is 2.67. The lowest BCUT2D eigenvalue weighted by atomic mass is 9.86. The average molecular weight is 209 g/mol. The van der Waals surface area contributed by atoms with E-state index in [1.807, 2.05) is 0 Å². The van der Waals surface area contributed by atoms with Gasteiger partial charge in [0.15, 0.2) is 5.82 Å². The van der Waals surface area contributed by atoms with Crippen LogP contribution in [-0.4, -0.2) is 16.2 Å². The third-order valence-electron chi connectivity index (χ3n) is 3.02. The van der Waals surface area contributed by atoms with Crippen molar-refractivity contribution >= 4 is 0 Å². The molecule has 1 fully saturated rings. The molecule has 0 amide bonds. The molecule has 0 radical (unpaired) electrons. The van der Waals surface area contributed by atoms with Crippen molar-refractivity contribution in [2.24, 2.45) is 5.73 Å². The van der Waals surface area contributed by atoms with Gasteiger partial charge in [0.25, 0.3) is 0 Å². The van der Waals surface area contributed by atoms with E-state index in [-0.39, 0.29) is 0 Å². The number of nitrogens with zero attached hydrogens (tertiary/aromatic N) is 2. The highest BCUT2D eigenvalue weighted by molar-refractivity contribution is 4.97. The summed E-state index contributed by atoms with van der Waals surface area (Å²) in [7, 11) is 0. The van der Waals surface area contributed by atoms with Gasteiger partial charge in [-0.1, -0.05) is 18.5 Å². The van der Waals surface area contributed by atoms with Gasteiger partial charge in [-0.2, -0.15) is 4.98 Å². The van der Waals surface area contributed by atoms with Gasteiger partial charge in [-0.05, 0) is 25.7 Å². The smallest absolute Gasteiger partial charge is 0.229 e. The molecule has 1 aromatic heterocycles. The fourth-order valence-corrected chi connectivity index (χ4v) is 2.21. The van der Waals surface area contributed by atoms with Crippen molar-refractivity contribution in [1.29, 1.82) is 0 Å². The van der Waals surface area contributed by atoms with Crippen LogP contribution in [0.3, 0.4) is 0 Å². The van der Waals surface area contributed by atoms with Crippen LogP contribution in [0.1, 0.15) is 56.7 Å². The molecule has 0 aliphatic heterocycles. The summed E-state index contributed by atoms with van der Waals surface area (Å²) in [4.78, 5) is 4.42. The Kier molecular flexibility index (Phi) is 3.36. The topological polar surface area (TPSA) is 64.9 Å². The summed E-state index contributed by atoms with van der Waals surface area (Å²) >= 11 is 0. The SMILES string of the molecule is CCCc1noc(C2CCCC(N)C2)n1. The van der Waals surface area contributed by atoms with E-state index in [4.69, 9.17) is 10.3 Å². The molecule has 0 bridgehead atoms. The van der Waals surface area contributed by atoms with E-state index in [2.05, 4.69) is 17.1 Å². The van der Waals surface area contributed by atoms with Crippen LogP contribution in [-0.2, 0) is 6.42 Å². The first-order chi connectivity index (χ1) is 7.29. The Labute approximate surface area is 90.2 Å². The van der Waals surface area contributed by atoms with Gasteiger partial charge in [-0.25, -0.2) is 0 Å². The highest BCUT2D eigenvalue weighted by Crippen LogP contribution is 2.31. The van der Waals surface area contributed by atoms with Gasteiger partial charge in [-0.3, -0.25) is 0 Å². The van der Waals surface area contributed by atoms with E-state index in [1.54, 1.807) is 0 Å². The van der Waals surface area contributed by atoms with Gasteiger partial charge >= 0.3 is 0 Å². The lowest BCUT2D eigenvalue weighted by Crippen LogP contribution is -2.26. The molecule has 1 heterocycles. The molecule has 0 spiro atoms. The Morgan fingerprint density at radius 2 is 2.33 bits per heavy atom. The van der Waals surface area contributed by atoms with Gasteiger partial charge in [0.2, 0.25) is 5.89 Å². The minimum atomic E-state index is 0.310. The standard InChI is InChI=1S/C11H19N3O/c1-2-4-10-13-11(15-14-10)8-5-3-6-9(12)7-8/h8-9H,2-7,12H2,1H3. The monoisotopic (exact) mass is 209 g/mol. The van der Waals surface area contributed by atoms with E-state index in [9.17, 15) is 0 Å². The molecule has 15 heavy (non-hydrogen) atoms. The molecule has 1 saturated carbocycles. The highest BCUT2D eigenvalue weighted by Gasteiger charge is 2.25. The van der Waals surface area contributed by atoms with E-state index >= 15 is 0 Å². The van der Waals surface area contributed by atoms with Crippen molar-refractivity contribution in [3.63, 3.8) is 0 Å². The van der Waals surface area contributed by atoms with Crippen molar-refractivity contribution < 1.29 is 4.52 Å². The summed E-state index contributed by atoms with van der Waals surface area (Å²) in [6.45, 7) is 2.12. The second-order valence-electron chi connectivity index (χ2n) is 4.42. The molecule has 0 aromatic carbocycles. The third kappa shape index (κ3) is 2.56. The minimum Gasteiger partial charge on any atom is -0.339 e. The predicted molar refractivity (Wildman–Crippen MR) is 57.5 cm³/mol. The Hall–Kier alpha value is -0.900. The zero-order valence-electron chi connectivity index (χ0n) is 9.28.